The predicted molar refractivity (Wildman–Crippen MR) is 108 cm³/mol. The molecular formula is C23H25N3O. The number of nitrogens with zero attached hydrogens (tertiary/aromatic N) is 2. The van der Waals surface area contributed by atoms with Crippen molar-refractivity contribution in [3.8, 4) is 11.4 Å². The summed E-state index contributed by atoms with van der Waals surface area (Å²) in [6, 6.07) is 15.6. The second-order valence-corrected chi connectivity index (χ2v) is 7.63. The van der Waals surface area contributed by atoms with Crippen LogP contribution in [0.2, 0.25) is 0 Å². The lowest BCUT2D eigenvalue weighted by Crippen LogP contribution is -2.43. The molecule has 138 valence electrons. The standard InChI is InChI=1S/C23H25N3O/c1-15-8-7-12-19(16(15)2)26-23(27)18-14-22(21-11-5-6-13-24-21)25-20-10-4-3-9-17(18)20/h3-6,9-11,13-16,19H,7-8,12H2,1-2H3,(H,26,27). The number of hydrogen-bond acceptors (Lipinski definition) is 3. The zero-order chi connectivity index (χ0) is 18.8. The number of hydrogen-bond donors (Lipinski definition) is 1. The van der Waals surface area contributed by atoms with Gasteiger partial charge in [0.25, 0.3) is 5.91 Å². The van der Waals surface area contributed by atoms with Gasteiger partial charge in [-0.2, -0.15) is 0 Å². The Labute approximate surface area is 160 Å². The molecular weight excluding hydrogens is 334 g/mol. The molecule has 0 spiro atoms. The highest BCUT2D eigenvalue weighted by Gasteiger charge is 2.29. The fraction of sp³-hybridized carbons (Fsp3) is 0.348. The number of carbonyl (C=O) groups is 1. The van der Waals surface area contributed by atoms with Gasteiger partial charge in [-0.3, -0.25) is 9.78 Å². The van der Waals surface area contributed by atoms with Crippen LogP contribution in [-0.4, -0.2) is 21.9 Å². The third-order valence-electron chi connectivity index (χ3n) is 5.91. The number of amides is 1. The summed E-state index contributed by atoms with van der Waals surface area (Å²) in [4.78, 5) is 22.3. The topological polar surface area (TPSA) is 54.9 Å². The first-order valence-electron chi connectivity index (χ1n) is 9.75. The summed E-state index contributed by atoms with van der Waals surface area (Å²) in [5, 5.41) is 4.18. The highest BCUT2D eigenvalue weighted by Crippen LogP contribution is 2.30. The van der Waals surface area contributed by atoms with E-state index in [1.54, 1.807) is 6.20 Å². The SMILES string of the molecule is CC1CCCC(NC(=O)c2cc(-c3ccccn3)nc3ccccc23)C1C. The maximum absolute atomic E-state index is 13.2. The number of carbonyl (C=O) groups excluding carboxylic acids is 1. The number of aromatic nitrogens is 2. The molecule has 4 rings (SSSR count). The van der Waals surface area contributed by atoms with Crippen molar-refractivity contribution >= 4 is 16.8 Å². The third kappa shape index (κ3) is 3.57. The fourth-order valence-electron chi connectivity index (χ4n) is 4.04. The van der Waals surface area contributed by atoms with E-state index >= 15 is 0 Å². The van der Waals surface area contributed by atoms with Crippen molar-refractivity contribution in [1.82, 2.24) is 15.3 Å². The van der Waals surface area contributed by atoms with Gasteiger partial charge in [-0.1, -0.05) is 51.0 Å². The summed E-state index contributed by atoms with van der Waals surface area (Å²) in [6.07, 6.45) is 5.21. The Morgan fingerprint density at radius 3 is 2.67 bits per heavy atom. The lowest BCUT2D eigenvalue weighted by Gasteiger charge is -2.34. The molecule has 3 aromatic rings. The molecule has 0 saturated heterocycles. The molecule has 1 aliphatic carbocycles. The number of rotatable bonds is 3. The molecule has 0 bridgehead atoms. The Morgan fingerprint density at radius 2 is 1.85 bits per heavy atom. The Bertz CT molecular complexity index is 954. The van der Waals surface area contributed by atoms with Crippen LogP contribution in [0.1, 0.15) is 43.5 Å². The van der Waals surface area contributed by atoms with Crippen LogP contribution in [0.4, 0.5) is 0 Å². The van der Waals surface area contributed by atoms with Crippen LogP contribution in [0.25, 0.3) is 22.3 Å². The molecule has 0 aliphatic heterocycles. The van der Waals surface area contributed by atoms with Crippen LogP contribution >= 0.6 is 0 Å². The minimum Gasteiger partial charge on any atom is -0.349 e. The van der Waals surface area contributed by atoms with Crippen LogP contribution in [0.15, 0.2) is 54.7 Å². The maximum Gasteiger partial charge on any atom is 0.252 e. The number of fused-ring (bicyclic) bond motifs is 1. The van der Waals surface area contributed by atoms with Crippen molar-refractivity contribution in [1.29, 1.82) is 0 Å². The van der Waals surface area contributed by atoms with Crippen molar-refractivity contribution in [3.63, 3.8) is 0 Å². The van der Waals surface area contributed by atoms with Crippen molar-refractivity contribution in [3.05, 3.63) is 60.3 Å². The molecule has 2 aromatic heterocycles. The molecule has 1 aliphatic rings. The van der Waals surface area contributed by atoms with Crippen LogP contribution in [0.5, 0.6) is 0 Å². The van der Waals surface area contributed by atoms with E-state index < -0.39 is 0 Å². The van der Waals surface area contributed by atoms with Gasteiger partial charge in [-0.05, 0) is 42.5 Å². The average molecular weight is 359 g/mol. The Kier molecular flexibility index (Phi) is 4.88. The number of pyridine rings is 2. The Balaban J connectivity index is 1.72. The summed E-state index contributed by atoms with van der Waals surface area (Å²) in [5.74, 6) is 1.12. The van der Waals surface area contributed by atoms with E-state index in [4.69, 9.17) is 4.98 Å². The minimum absolute atomic E-state index is 0.0169. The van der Waals surface area contributed by atoms with E-state index in [2.05, 4.69) is 24.1 Å². The van der Waals surface area contributed by atoms with E-state index in [9.17, 15) is 4.79 Å². The van der Waals surface area contributed by atoms with Gasteiger partial charge < -0.3 is 5.32 Å². The van der Waals surface area contributed by atoms with E-state index in [0.29, 0.717) is 17.4 Å². The van der Waals surface area contributed by atoms with Gasteiger partial charge in [0.2, 0.25) is 0 Å². The lowest BCUT2D eigenvalue weighted by atomic mass is 9.78. The molecule has 2 heterocycles. The monoisotopic (exact) mass is 359 g/mol. The zero-order valence-corrected chi connectivity index (χ0v) is 15.9. The van der Waals surface area contributed by atoms with E-state index in [1.807, 2.05) is 48.5 Å². The second-order valence-electron chi connectivity index (χ2n) is 7.63. The minimum atomic E-state index is -0.0169. The van der Waals surface area contributed by atoms with Crippen molar-refractivity contribution < 1.29 is 4.79 Å². The van der Waals surface area contributed by atoms with Gasteiger partial charge >= 0.3 is 0 Å². The van der Waals surface area contributed by atoms with Gasteiger partial charge in [0.1, 0.15) is 0 Å². The number of nitrogens with one attached hydrogen (secondary N) is 1. The molecule has 27 heavy (non-hydrogen) atoms. The maximum atomic E-state index is 13.2. The zero-order valence-electron chi connectivity index (χ0n) is 15.9. The average Bonchev–Trinajstić information content (AvgIpc) is 2.71. The first kappa shape index (κ1) is 17.7. The van der Waals surface area contributed by atoms with Crippen LogP contribution < -0.4 is 5.32 Å². The molecule has 3 atom stereocenters. The third-order valence-corrected chi connectivity index (χ3v) is 5.91. The number of para-hydroxylation sites is 1. The van der Waals surface area contributed by atoms with Crippen molar-refractivity contribution in [2.75, 3.05) is 0 Å². The Morgan fingerprint density at radius 1 is 1.04 bits per heavy atom. The van der Waals surface area contributed by atoms with Crippen LogP contribution in [-0.2, 0) is 0 Å². The summed E-state index contributed by atoms with van der Waals surface area (Å²) < 4.78 is 0. The van der Waals surface area contributed by atoms with Gasteiger partial charge in [-0.15, -0.1) is 0 Å². The fourth-order valence-corrected chi connectivity index (χ4v) is 4.04. The van der Waals surface area contributed by atoms with E-state index in [-0.39, 0.29) is 11.9 Å². The molecule has 0 radical (unpaired) electrons. The Hall–Kier alpha value is -2.75. The highest BCUT2D eigenvalue weighted by atomic mass is 16.1. The molecule has 1 fully saturated rings. The molecule has 3 unspecified atom stereocenters. The normalized spacial score (nSPS) is 22.5. The summed E-state index contributed by atoms with van der Waals surface area (Å²) >= 11 is 0. The highest BCUT2D eigenvalue weighted by molar-refractivity contribution is 6.07. The van der Waals surface area contributed by atoms with Crippen LogP contribution in [0.3, 0.4) is 0 Å². The van der Waals surface area contributed by atoms with Crippen LogP contribution in [0, 0.1) is 11.8 Å². The van der Waals surface area contributed by atoms with Gasteiger partial charge in [0, 0.05) is 17.6 Å². The molecule has 1 aromatic carbocycles. The molecule has 1 saturated carbocycles. The van der Waals surface area contributed by atoms with Crippen molar-refractivity contribution in [2.45, 2.75) is 39.2 Å². The van der Waals surface area contributed by atoms with E-state index in [1.165, 1.54) is 12.8 Å². The van der Waals surface area contributed by atoms with Gasteiger partial charge in [-0.25, -0.2) is 4.98 Å². The lowest BCUT2D eigenvalue weighted by molar-refractivity contribution is 0.0892. The predicted octanol–water partition coefficient (Wildman–Crippen LogP) is 4.85. The van der Waals surface area contributed by atoms with Gasteiger partial charge in [0.05, 0.1) is 22.5 Å². The smallest absolute Gasteiger partial charge is 0.252 e. The number of benzene rings is 1. The molecule has 1 N–H and O–H groups in total. The molecule has 4 heteroatoms. The van der Waals surface area contributed by atoms with Gasteiger partial charge in [0.15, 0.2) is 0 Å². The largest absolute Gasteiger partial charge is 0.349 e. The van der Waals surface area contributed by atoms with E-state index in [0.717, 1.165) is 28.7 Å². The summed E-state index contributed by atoms with van der Waals surface area (Å²) in [5.41, 5.74) is 2.99. The first-order chi connectivity index (χ1) is 13.1. The summed E-state index contributed by atoms with van der Waals surface area (Å²) in [6.45, 7) is 4.53. The second kappa shape index (κ2) is 7.47. The molecule has 4 nitrogen and oxygen atoms in total. The molecule has 1 amide bonds. The summed E-state index contributed by atoms with van der Waals surface area (Å²) in [7, 11) is 0. The first-order valence-corrected chi connectivity index (χ1v) is 9.75. The quantitative estimate of drug-likeness (QED) is 0.727. The van der Waals surface area contributed by atoms with Crippen molar-refractivity contribution in [2.24, 2.45) is 11.8 Å².